The van der Waals surface area contributed by atoms with Gasteiger partial charge < -0.3 is 29.9 Å². The molecule has 0 bridgehead atoms. The van der Waals surface area contributed by atoms with Crippen molar-refractivity contribution in [3.8, 4) is 11.8 Å². The molecule has 1 fully saturated rings. The number of hydrogen-bond acceptors (Lipinski definition) is 10. The number of aromatic nitrogens is 4. The summed E-state index contributed by atoms with van der Waals surface area (Å²) in [6.07, 6.45) is -0.231. The maximum atomic E-state index is 10.2. The molecule has 3 rings (SSSR count). The number of fused-ring (bicyclic) bond motifs is 1. The van der Waals surface area contributed by atoms with Crippen molar-refractivity contribution in [2.75, 3.05) is 60.5 Å². The van der Waals surface area contributed by atoms with Gasteiger partial charge in [-0.1, -0.05) is 5.92 Å². The molecule has 2 aromatic rings. The fraction of sp³-hybridized carbons (Fsp3) is 0.600. The quantitative estimate of drug-likeness (QED) is 0.213. The number of hydrogen-bond donors (Lipinski definition) is 3. The summed E-state index contributed by atoms with van der Waals surface area (Å²) in [6, 6.07) is 0. The molecular formula is C20H30N8O4. The van der Waals surface area contributed by atoms with Crippen LogP contribution < -0.4 is 5.32 Å². The Hall–Kier alpha value is -2.82. The van der Waals surface area contributed by atoms with Crippen LogP contribution in [0.15, 0.2) is 4.99 Å². The number of aliphatic hydroxyl groups is 2. The molecule has 0 radical (unpaired) electrons. The SMILES string of the molecule is COCC#Cc1nn(C2CC(O)C(CO)O2)c2nc(NCN(C)C)nc(/N=C\N(C)C)c12. The number of aliphatic imine (C=N–C) groups is 1. The van der Waals surface area contributed by atoms with Crippen molar-refractivity contribution in [2.45, 2.75) is 24.9 Å². The van der Waals surface area contributed by atoms with Crippen LogP contribution in [-0.4, -0.2) is 113 Å². The Kier molecular flexibility index (Phi) is 7.94. The van der Waals surface area contributed by atoms with Crippen molar-refractivity contribution in [1.82, 2.24) is 29.5 Å². The molecule has 2 aromatic heterocycles. The second-order valence-electron chi connectivity index (χ2n) is 7.83. The van der Waals surface area contributed by atoms with Gasteiger partial charge in [0.05, 0.1) is 25.7 Å². The van der Waals surface area contributed by atoms with Crippen molar-refractivity contribution >= 4 is 29.1 Å². The van der Waals surface area contributed by atoms with Gasteiger partial charge in [0.15, 0.2) is 17.7 Å². The minimum absolute atomic E-state index is 0.235. The molecule has 0 aliphatic carbocycles. The van der Waals surface area contributed by atoms with Crippen molar-refractivity contribution in [2.24, 2.45) is 4.99 Å². The summed E-state index contributed by atoms with van der Waals surface area (Å²) in [5.41, 5.74) is 0.886. The van der Waals surface area contributed by atoms with Gasteiger partial charge >= 0.3 is 0 Å². The lowest BCUT2D eigenvalue weighted by molar-refractivity contribution is -0.0470. The van der Waals surface area contributed by atoms with Gasteiger partial charge in [-0.15, -0.1) is 0 Å². The number of rotatable bonds is 8. The lowest BCUT2D eigenvalue weighted by atomic mass is 10.2. The minimum Gasteiger partial charge on any atom is -0.394 e. The highest BCUT2D eigenvalue weighted by Gasteiger charge is 2.36. The Labute approximate surface area is 186 Å². The highest BCUT2D eigenvalue weighted by Crippen LogP contribution is 2.34. The molecule has 0 amide bonds. The lowest BCUT2D eigenvalue weighted by Gasteiger charge is -2.14. The fourth-order valence-electron chi connectivity index (χ4n) is 3.10. The van der Waals surface area contributed by atoms with Crippen LogP contribution in [0.2, 0.25) is 0 Å². The normalized spacial score (nSPS) is 20.8. The van der Waals surface area contributed by atoms with Crippen LogP contribution in [0, 0.1) is 11.8 Å². The molecule has 0 aromatic carbocycles. The second-order valence-corrected chi connectivity index (χ2v) is 7.83. The van der Waals surface area contributed by atoms with E-state index in [0.29, 0.717) is 35.2 Å². The summed E-state index contributed by atoms with van der Waals surface area (Å²) in [7, 11) is 9.13. The van der Waals surface area contributed by atoms with Crippen LogP contribution >= 0.6 is 0 Å². The maximum absolute atomic E-state index is 10.2. The summed E-state index contributed by atoms with van der Waals surface area (Å²) in [5.74, 6) is 6.67. The first kappa shape index (κ1) is 23.8. The fourth-order valence-corrected chi connectivity index (χ4v) is 3.10. The smallest absolute Gasteiger partial charge is 0.227 e. The zero-order chi connectivity index (χ0) is 23.3. The van der Waals surface area contributed by atoms with Gasteiger partial charge in [0.1, 0.15) is 23.8 Å². The summed E-state index contributed by atoms with van der Waals surface area (Å²) in [4.78, 5) is 17.5. The Balaban J connectivity index is 2.18. The highest BCUT2D eigenvalue weighted by molar-refractivity contribution is 5.92. The zero-order valence-electron chi connectivity index (χ0n) is 19.0. The molecule has 3 unspecified atom stereocenters. The van der Waals surface area contributed by atoms with E-state index >= 15 is 0 Å². The van der Waals surface area contributed by atoms with Crippen molar-refractivity contribution in [3.63, 3.8) is 0 Å². The minimum atomic E-state index is -0.813. The van der Waals surface area contributed by atoms with Gasteiger partial charge in [-0.05, 0) is 20.0 Å². The molecule has 12 nitrogen and oxygen atoms in total. The molecule has 0 spiro atoms. The summed E-state index contributed by atoms with van der Waals surface area (Å²) >= 11 is 0. The number of methoxy groups -OCH3 is 1. The van der Waals surface area contributed by atoms with Gasteiger partial charge in [-0.3, -0.25) is 4.90 Å². The van der Waals surface area contributed by atoms with Crippen molar-refractivity contribution in [1.29, 1.82) is 0 Å². The van der Waals surface area contributed by atoms with Crippen LogP contribution in [0.3, 0.4) is 0 Å². The van der Waals surface area contributed by atoms with E-state index < -0.39 is 18.4 Å². The lowest BCUT2D eigenvalue weighted by Crippen LogP contribution is -2.24. The predicted octanol–water partition coefficient (Wildman–Crippen LogP) is -0.383. The first-order valence-corrected chi connectivity index (χ1v) is 10.2. The van der Waals surface area contributed by atoms with Gasteiger partial charge in [-0.25, -0.2) is 9.67 Å². The molecule has 0 saturated carbocycles. The van der Waals surface area contributed by atoms with E-state index in [1.807, 2.05) is 33.1 Å². The van der Waals surface area contributed by atoms with Gasteiger partial charge in [0.25, 0.3) is 0 Å². The Morgan fingerprint density at radius 1 is 1.34 bits per heavy atom. The van der Waals surface area contributed by atoms with Crippen LogP contribution in [0.5, 0.6) is 0 Å². The molecule has 174 valence electrons. The standard InChI is InChI=1S/C20H30N8O4/c1-26(2)11-21-18-17-13(7-6-8-31-5)25-28(16-9-14(30)15(10-29)32-16)19(17)24-20(23-18)22-12-27(3)4/h11,14-16,29-30H,8-10,12H2,1-5H3,(H,22,23,24)/b21-11-. The molecule has 1 aliphatic rings. The molecule has 1 saturated heterocycles. The first-order valence-electron chi connectivity index (χ1n) is 10.2. The third kappa shape index (κ3) is 5.50. The van der Waals surface area contributed by atoms with Gasteiger partial charge in [-0.2, -0.15) is 15.1 Å². The number of aliphatic hydroxyl groups excluding tert-OH is 2. The topological polar surface area (TPSA) is 133 Å². The summed E-state index contributed by atoms with van der Waals surface area (Å²) in [5, 5.41) is 28.0. The molecule has 12 heteroatoms. The monoisotopic (exact) mass is 446 g/mol. The summed E-state index contributed by atoms with van der Waals surface area (Å²) in [6.45, 7) is 0.460. The average molecular weight is 447 g/mol. The van der Waals surface area contributed by atoms with E-state index in [0.717, 1.165) is 0 Å². The Morgan fingerprint density at radius 2 is 2.12 bits per heavy atom. The average Bonchev–Trinajstić information content (AvgIpc) is 3.30. The molecule has 3 atom stereocenters. The van der Waals surface area contributed by atoms with Gasteiger partial charge in [0, 0.05) is 27.6 Å². The van der Waals surface area contributed by atoms with Crippen LogP contribution in [0.25, 0.3) is 11.0 Å². The van der Waals surface area contributed by atoms with E-state index in [1.165, 1.54) is 0 Å². The van der Waals surface area contributed by atoms with Crippen LogP contribution in [0.4, 0.5) is 11.8 Å². The van der Waals surface area contributed by atoms with Crippen LogP contribution in [-0.2, 0) is 9.47 Å². The Bertz CT molecular complexity index is 1010. The molecule has 3 heterocycles. The third-order valence-electron chi connectivity index (χ3n) is 4.58. The van der Waals surface area contributed by atoms with Gasteiger partial charge in [0.2, 0.25) is 5.95 Å². The Morgan fingerprint density at radius 3 is 2.75 bits per heavy atom. The van der Waals surface area contributed by atoms with E-state index in [2.05, 4.69) is 37.2 Å². The number of ether oxygens (including phenoxy) is 2. The second kappa shape index (κ2) is 10.7. The number of nitrogens with zero attached hydrogens (tertiary/aromatic N) is 7. The third-order valence-corrected chi connectivity index (χ3v) is 4.58. The van der Waals surface area contributed by atoms with Crippen molar-refractivity contribution < 1.29 is 19.7 Å². The molecular weight excluding hydrogens is 416 g/mol. The van der Waals surface area contributed by atoms with Crippen molar-refractivity contribution in [3.05, 3.63) is 5.69 Å². The molecule has 1 aliphatic heterocycles. The highest BCUT2D eigenvalue weighted by atomic mass is 16.5. The zero-order valence-corrected chi connectivity index (χ0v) is 19.0. The van der Waals surface area contributed by atoms with E-state index in [1.54, 1.807) is 23.0 Å². The molecule has 3 N–H and O–H groups in total. The van der Waals surface area contributed by atoms with E-state index in [9.17, 15) is 10.2 Å². The summed E-state index contributed by atoms with van der Waals surface area (Å²) < 4.78 is 12.4. The van der Waals surface area contributed by atoms with E-state index in [-0.39, 0.29) is 19.6 Å². The predicted molar refractivity (Wildman–Crippen MR) is 120 cm³/mol. The molecule has 32 heavy (non-hydrogen) atoms. The van der Waals surface area contributed by atoms with Crippen LogP contribution in [0.1, 0.15) is 18.3 Å². The first-order chi connectivity index (χ1) is 15.3. The largest absolute Gasteiger partial charge is 0.394 e. The maximum Gasteiger partial charge on any atom is 0.227 e. The van der Waals surface area contributed by atoms with E-state index in [4.69, 9.17) is 9.47 Å². The number of nitrogens with one attached hydrogen (secondary N) is 1. The number of anilines is 1.